The van der Waals surface area contributed by atoms with Crippen LogP contribution in [-0.2, 0) is 0 Å². The molecule has 0 fully saturated rings. The van der Waals surface area contributed by atoms with Crippen molar-refractivity contribution in [3.05, 3.63) is 35.4 Å². The summed E-state index contributed by atoms with van der Waals surface area (Å²) in [4.78, 5) is 0. The molecule has 0 heterocycles. The fourth-order valence-corrected chi connectivity index (χ4v) is 0.739. The fraction of sp³-hybridized carbons (Fsp3) is 0.111. The molecule has 14 heavy (non-hydrogen) atoms. The lowest BCUT2D eigenvalue weighted by Crippen LogP contribution is -2.02. The molecule has 0 unspecified atom stereocenters. The Kier molecular flexibility index (Phi) is 2.75. The number of hydrogen-bond acceptors (Lipinski definition) is 0. The summed E-state index contributed by atoms with van der Waals surface area (Å²) in [5.41, 5.74) is -0.609. The van der Waals surface area contributed by atoms with E-state index in [-0.39, 0.29) is 0 Å². The summed E-state index contributed by atoms with van der Waals surface area (Å²) in [6, 6.07) is 2.85. The number of benzene rings is 1. The van der Waals surface area contributed by atoms with E-state index in [1.165, 1.54) is 5.92 Å². The second-order valence-electron chi connectivity index (χ2n) is 2.35. The van der Waals surface area contributed by atoms with Crippen LogP contribution in [0.15, 0.2) is 18.2 Å². The van der Waals surface area contributed by atoms with Crippen LogP contribution in [0, 0.1) is 23.5 Å². The second kappa shape index (κ2) is 3.66. The van der Waals surface area contributed by atoms with Crippen LogP contribution in [0.25, 0.3) is 0 Å². The SMILES string of the molecule is Fc1cccc(C#CC(F)(F)F)c1F. The Balaban J connectivity index is 3.08. The fourth-order valence-electron chi connectivity index (χ4n) is 0.739. The smallest absolute Gasteiger partial charge is 0.204 e. The summed E-state index contributed by atoms with van der Waals surface area (Å²) in [6.07, 6.45) is -4.71. The summed E-state index contributed by atoms with van der Waals surface area (Å²) in [7, 11) is 0. The maximum Gasteiger partial charge on any atom is 0.458 e. The van der Waals surface area contributed by atoms with E-state index < -0.39 is 23.4 Å². The Bertz CT molecular complexity index is 394. The molecule has 0 atom stereocenters. The molecule has 0 aliphatic rings. The van der Waals surface area contributed by atoms with Gasteiger partial charge in [0, 0.05) is 5.92 Å². The summed E-state index contributed by atoms with van der Waals surface area (Å²) >= 11 is 0. The maximum absolute atomic E-state index is 12.7. The van der Waals surface area contributed by atoms with E-state index in [0.29, 0.717) is 0 Å². The summed E-state index contributed by atoms with van der Waals surface area (Å²) < 4.78 is 60.0. The van der Waals surface area contributed by atoms with E-state index in [4.69, 9.17) is 0 Å². The largest absolute Gasteiger partial charge is 0.458 e. The zero-order valence-corrected chi connectivity index (χ0v) is 6.62. The van der Waals surface area contributed by atoms with Gasteiger partial charge in [-0.05, 0) is 12.1 Å². The van der Waals surface area contributed by atoms with Gasteiger partial charge in [-0.1, -0.05) is 12.0 Å². The molecule has 0 bridgehead atoms. The third-order valence-corrected chi connectivity index (χ3v) is 1.29. The van der Waals surface area contributed by atoms with Gasteiger partial charge >= 0.3 is 6.18 Å². The van der Waals surface area contributed by atoms with Crippen LogP contribution in [0.4, 0.5) is 22.0 Å². The van der Waals surface area contributed by atoms with Crippen LogP contribution in [0.1, 0.15) is 5.56 Å². The Morgan fingerprint density at radius 2 is 1.71 bits per heavy atom. The minimum atomic E-state index is -4.71. The van der Waals surface area contributed by atoms with Crippen LogP contribution in [0.3, 0.4) is 0 Å². The van der Waals surface area contributed by atoms with Crippen LogP contribution < -0.4 is 0 Å². The molecular formula is C9H3F5. The van der Waals surface area contributed by atoms with Crippen molar-refractivity contribution >= 4 is 0 Å². The second-order valence-corrected chi connectivity index (χ2v) is 2.35. The van der Waals surface area contributed by atoms with E-state index in [2.05, 4.69) is 0 Å². The number of halogens is 5. The Morgan fingerprint density at radius 1 is 1.07 bits per heavy atom. The molecule has 0 nitrogen and oxygen atoms in total. The van der Waals surface area contributed by atoms with Gasteiger partial charge < -0.3 is 0 Å². The molecule has 0 amide bonds. The van der Waals surface area contributed by atoms with Crippen molar-refractivity contribution in [3.63, 3.8) is 0 Å². The minimum Gasteiger partial charge on any atom is -0.204 e. The van der Waals surface area contributed by atoms with Gasteiger partial charge in [0.1, 0.15) is 0 Å². The summed E-state index contributed by atoms with van der Waals surface area (Å²) in [5.74, 6) is -0.241. The standard InChI is InChI=1S/C9H3F5/c10-7-3-1-2-6(8(7)11)4-5-9(12,13)14/h1-3H. The molecule has 0 saturated heterocycles. The molecule has 74 valence electrons. The average molecular weight is 206 g/mol. The Labute approximate surface area is 76.4 Å². The van der Waals surface area contributed by atoms with E-state index in [0.717, 1.165) is 24.1 Å². The first-order valence-corrected chi connectivity index (χ1v) is 3.44. The first-order chi connectivity index (χ1) is 6.40. The van der Waals surface area contributed by atoms with Crippen LogP contribution in [0.2, 0.25) is 0 Å². The highest BCUT2D eigenvalue weighted by atomic mass is 19.4. The van der Waals surface area contributed by atoms with E-state index in [9.17, 15) is 22.0 Å². The van der Waals surface area contributed by atoms with Gasteiger partial charge in [-0.25, -0.2) is 8.78 Å². The third kappa shape index (κ3) is 2.73. The van der Waals surface area contributed by atoms with Crippen molar-refractivity contribution in [1.82, 2.24) is 0 Å². The highest BCUT2D eigenvalue weighted by molar-refractivity contribution is 5.36. The van der Waals surface area contributed by atoms with E-state index >= 15 is 0 Å². The zero-order valence-electron chi connectivity index (χ0n) is 6.62. The number of rotatable bonds is 0. The van der Waals surface area contributed by atoms with Gasteiger partial charge in [-0.3, -0.25) is 0 Å². The van der Waals surface area contributed by atoms with E-state index in [1.54, 1.807) is 0 Å². The molecule has 1 aromatic carbocycles. The quantitative estimate of drug-likeness (QED) is 0.452. The molecule has 1 aromatic rings. The first kappa shape index (κ1) is 10.5. The van der Waals surface area contributed by atoms with Gasteiger partial charge in [-0.15, -0.1) is 0 Å². The molecule has 0 saturated carbocycles. The monoisotopic (exact) mass is 206 g/mol. The van der Waals surface area contributed by atoms with Crippen molar-refractivity contribution in [3.8, 4) is 11.8 Å². The number of alkyl halides is 3. The first-order valence-electron chi connectivity index (χ1n) is 3.44. The molecule has 0 radical (unpaired) electrons. The summed E-state index contributed by atoms with van der Waals surface area (Å²) in [6.45, 7) is 0. The Hall–Kier alpha value is -1.57. The van der Waals surface area contributed by atoms with Crippen LogP contribution in [0.5, 0.6) is 0 Å². The maximum atomic E-state index is 12.7. The topological polar surface area (TPSA) is 0 Å². The third-order valence-electron chi connectivity index (χ3n) is 1.29. The van der Waals surface area contributed by atoms with Crippen molar-refractivity contribution in [2.45, 2.75) is 6.18 Å². The number of hydrogen-bond donors (Lipinski definition) is 0. The molecule has 1 rings (SSSR count). The zero-order chi connectivity index (χ0) is 10.8. The lowest BCUT2D eigenvalue weighted by Gasteiger charge is -1.95. The van der Waals surface area contributed by atoms with Gasteiger partial charge in [0.25, 0.3) is 0 Å². The lowest BCUT2D eigenvalue weighted by molar-refractivity contribution is -0.0696. The molecule has 5 heteroatoms. The van der Waals surface area contributed by atoms with Gasteiger partial charge in [-0.2, -0.15) is 13.2 Å². The van der Waals surface area contributed by atoms with Crippen molar-refractivity contribution < 1.29 is 22.0 Å². The molecule has 0 aliphatic heterocycles. The van der Waals surface area contributed by atoms with Crippen molar-refractivity contribution in [1.29, 1.82) is 0 Å². The molecule has 0 N–H and O–H groups in total. The molecular weight excluding hydrogens is 203 g/mol. The van der Waals surface area contributed by atoms with Gasteiger partial charge in [0.05, 0.1) is 5.56 Å². The molecule has 0 spiro atoms. The summed E-state index contributed by atoms with van der Waals surface area (Å²) in [5, 5.41) is 0. The average Bonchev–Trinajstić information content (AvgIpc) is 2.06. The lowest BCUT2D eigenvalue weighted by atomic mass is 10.2. The molecule has 0 aromatic heterocycles. The van der Waals surface area contributed by atoms with Crippen molar-refractivity contribution in [2.24, 2.45) is 0 Å². The van der Waals surface area contributed by atoms with Crippen LogP contribution in [-0.4, -0.2) is 6.18 Å². The van der Waals surface area contributed by atoms with Gasteiger partial charge in [0.15, 0.2) is 11.6 Å². The van der Waals surface area contributed by atoms with Crippen LogP contribution >= 0.6 is 0 Å². The Morgan fingerprint density at radius 3 is 2.29 bits per heavy atom. The van der Waals surface area contributed by atoms with Gasteiger partial charge in [0.2, 0.25) is 0 Å². The predicted octanol–water partition coefficient (Wildman–Crippen LogP) is 2.88. The molecule has 0 aliphatic carbocycles. The normalized spacial score (nSPS) is 10.6. The van der Waals surface area contributed by atoms with E-state index in [1.807, 2.05) is 0 Å². The highest BCUT2D eigenvalue weighted by Crippen LogP contribution is 2.14. The highest BCUT2D eigenvalue weighted by Gasteiger charge is 2.23. The minimum absolute atomic E-state index is 0.609. The predicted molar refractivity (Wildman–Crippen MR) is 39.3 cm³/mol. The van der Waals surface area contributed by atoms with Crippen molar-refractivity contribution in [2.75, 3.05) is 0 Å².